The molecule has 0 aromatic rings. The topological polar surface area (TPSA) is 18.5 Å². The normalized spacial score (nSPS) is 29.5. The predicted molar refractivity (Wildman–Crippen MR) is 41.7 cm³/mol. The summed E-state index contributed by atoms with van der Waals surface area (Å²) in [6.45, 7) is 2.46. The Kier molecular flexibility index (Phi) is 2.44. The summed E-state index contributed by atoms with van der Waals surface area (Å²) in [5.41, 5.74) is 0. The lowest BCUT2D eigenvalue weighted by atomic mass is 9.89. The van der Waals surface area contributed by atoms with Crippen LogP contribution in [0.3, 0.4) is 0 Å². The maximum absolute atomic E-state index is 5.41. The van der Waals surface area contributed by atoms with Crippen LogP contribution >= 0.6 is 0 Å². The van der Waals surface area contributed by atoms with Crippen LogP contribution in [0.5, 0.6) is 0 Å². The Hall–Kier alpha value is -0.0800. The van der Waals surface area contributed by atoms with E-state index in [1.165, 1.54) is 32.1 Å². The molecule has 0 aromatic heterocycles. The van der Waals surface area contributed by atoms with Crippen LogP contribution in [0.4, 0.5) is 0 Å². The standard InChI is InChI=1S/C9H15O2/c1-2-4-8(5-3-1)9-10-6-7-11-9/h6,8-9H,1-5,7H2. The van der Waals surface area contributed by atoms with Gasteiger partial charge in [0.05, 0.1) is 6.61 Å². The molecule has 11 heavy (non-hydrogen) atoms. The Balaban J connectivity index is 1.82. The molecule has 2 rings (SSSR count). The zero-order valence-electron chi connectivity index (χ0n) is 6.79. The van der Waals surface area contributed by atoms with Crippen LogP contribution in [-0.4, -0.2) is 12.9 Å². The summed E-state index contributed by atoms with van der Waals surface area (Å²) >= 11 is 0. The lowest BCUT2D eigenvalue weighted by molar-refractivity contribution is -0.0849. The van der Waals surface area contributed by atoms with Crippen LogP contribution in [0.1, 0.15) is 32.1 Å². The molecule has 1 saturated carbocycles. The van der Waals surface area contributed by atoms with Crippen molar-refractivity contribution in [2.24, 2.45) is 5.92 Å². The fraction of sp³-hybridized carbons (Fsp3) is 0.889. The molecule has 2 aliphatic rings. The molecule has 1 aliphatic carbocycles. The molecule has 2 nitrogen and oxygen atoms in total. The summed E-state index contributed by atoms with van der Waals surface area (Å²) in [6, 6.07) is 0. The molecule has 1 heterocycles. The quantitative estimate of drug-likeness (QED) is 0.577. The molecule has 0 aromatic carbocycles. The summed E-state index contributed by atoms with van der Waals surface area (Å²) < 4.78 is 10.8. The molecular weight excluding hydrogens is 140 g/mol. The SMILES string of the molecule is [CH]1COC(C2CCCCC2)O1. The van der Waals surface area contributed by atoms with Crippen LogP contribution < -0.4 is 0 Å². The first-order valence-corrected chi connectivity index (χ1v) is 4.55. The van der Waals surface area contributed by atoms with E-state index in [1.54, 1.807) is 6.61 Å². The molecule has 0 N–H and O–H groups in total. The first kappa shape index (κ1) is 7.56. The van der Waals surface area contributed by atoms with E-state index in [9.17, 15) is 0 Å². The van der Waals surface area contributed by atoms with Crippen molar-refractivity contribution in [1.29, 1.82) is 0 Å². The lowest BCUT2D eigenvalue weighted by Gasteiger charge is -2.25. The Morgan fingerprint density at radius 1 is 1.09 bits per heavy atom. The Morgan fingerprint density at radius 2 is 1.91 bits per heavy atom. The zero-order chi connectivity index (χ0) is 7.52. The molecule has 1 unspecified atom stereocenters. The van der Waals surface area contributed by atoms with E-state index in [0.717, 1.165) is 0 Å². The van der Waals surface area contributed by atoms with Crippen molar-refractivity contribution in [3.63, 3.8) is 0 Å². The van der Waals surface area contributed by atoms with Gasteiger partial charge in [0, 0.05) is 5.92 Å². The second kappa shape index (κ2) is 3.55. The molecule has 1 atom stereocenters. The lowest BCUT2D eigenvalue weighted by Crippen LogP contribution is -2.23. The molecule has 0 spiro atoms. The third kappa shape index (κ3) is 1.74. The Bertz CT molecular complexity index is 113. The molecule has 0 bridgehead atoms. The van der Waals surface area contributed by atoms with Crippen LogP contribution in [0.15, 0.2) is 0 Å². The van der Waals surface area contributed by atoms with Gasteiger partial charge in [-0.1, -0.05) is 19.3 Å². The molecule has 2 heteroatoms. The van der Waals surface area contributed by atoms with Crippen LogP contribution in [-0.2, 0) is 9.47 Å². The van der Waals surface area contributed by atoms with Gasteiger partial charge in [-0.05, 0) is 12.8 Å². The van der Waals surface area contributed by atoms with Crippen molar-refractivity contribution in [2.75, 3.05) is 6.61 Å². The first-order valence-electron chi connectivity index (χ1n) is 4.55. The van der Waals surface area contributed by atoms with E-state index in [2.05, 4.69) is 0 Å². The van der Waals surface area contributed by atoms with Crippen molar-refractivity contribution < 1.29 is 9.47 Å². The minimum atomic E-state index is 0.0929. The fourth-order valence-electron chi connectivity index (χ4n) is 1.96. The van der Waals surface area contributed by atoms with Gasteiger partial charge in [-0.2, -0.15) is 0 Å². The monoisotopic (exact) mass is 155 g/mol. The average Bonchev–Trinajstić information content (AvgIpc) is 2.58. The van der Waals surface area contributed by atoms with Crippen molar-refractivity contribution in [3.05, 3.63) is 6.61 Å². The van der Waals surface area contributed by atoms with Gasteiger partial charge in [0.1, 0.15) is 6.61 Å². The highest BCUT2D eigenvalue weighted by Crippen LogP contribution is 2.30. The van der Waals surface area contributed by atoms with Crippen LogP contribution in [0, 0.1) is 12.5 Å². The highest BCUT2D eigenvalue weighted by Gasteiger charge is 2.27. The van der Waals surface area contributed by atoms with Gasteiger partial charge in [0.25, 0.3) is 0 Å². The van der Waals surface area contributed by atoms with E-state index in [1.807, 2.05) is 0 Å². The Morgan fingerprint density at radius 3 is 2.55 bits per heavy atom. The second-order valence-electron chi connectivity index (χ2n) is 3.40. The summed E-state index contributed by atoms with van der Waals surface area (Å²) in [6.07, 6.45) is 6.78. The van der Waals surface area contributed by atoms with Crippen LogP contribution in [0.2, 0.25) is 0 Å². The van der Waals surface area contributed by atoms with Crippen molar-refractivity contribution in [2.45, 2.75) is 38.4 Å². The third-order valence-corrected chi connectivity index (χ3v) is 2.59. The van der Waals surface area contributed by atoms with Gasteiger partial charge in [-0.3, -0.25) is 0 Å². The minimum absolute atomic E-state index is 0.0929. The summed E-state index contributed by atoms with van der Waals surface area (Å²) in [5, 5.41) is 0. The Labute approximate surface area is 67.9 Å². The van der Waals surface area contributed by atoms with Crippen molar-refractivity contribution in [1.82, 2.24) is 0 Å². The number of hydrogen-bond acceptors (Lipinski definition) is 2. The number of hydrogen-bond donors (Lipinski definition) is 0. The van der Waals surface area contributed by atoms with E-state index >= 15 is 0 Å². The summed E-state index contributed by atoms with van der Waals surface area (Å²) in [5.74, 6) is 0.669. The molecule has 63 valence electrons. The zero-order valence-corrected chi connectivity index (χ0v) is 6.79. The average molecular weight is 155 g/mol. The fourth-order valence-corrected chi connectivity index (χ4v) is 1.96. The minimum Gasteiger partial charge on any atom is -0.350 e. The molecular formula is C9H15O2. The van der Waals surface area contributed by atoms with E-state index in [-0.39, 0.29) is 6.29 Å². The molecule has 1 radical (unpaired) electrons. The number of ether oxygens (including phenoxy) is 2. The van der Waals surface area contributed by atoms with Gasteiger partial charge >= 0.3 is 0 Å². The highest BCUT2D eigenvalue weighted by molar-refractivity contribution is 4.73. The maximum atomic E-state index is 5.41. The van der Waals surface area contributed by atoms with Crippen LogP contribution in [0.25, 0.3) is 0 Å². The van der Waals surface area contributed by atoms with Gasteiger partial charge in [-0.15, -0.1) is 0 Å². The van der Waals surface area contributed by atoms with Crippen molar-refractivity contribution in [3.8, 4) is 0 Å². The summed E-state index contributed by atoms with van der Waals surface area (Å²) in [7, 11) is 0. The molecule has 2 fully saturated rings. The number of rotatable bonds is 1. The maximum Gasteiger partial charge on any atom is 0.161 e. The van der Waals surface area contributed by atoms with E-state index < -0.39 is 0 Å². The highest BCUT2D eigenvalue weighted by atomic mass is 16.7. The van der Waals surface area contributed by atoms with Gasteiger partial charge in [0.15, 0.2) is 6.29 Å². The summed E-state index contributed by atoms with van der Waals surface area (Å²) in [4.78, 5) is 0. The predicted octanol–water partition coefficient (Wildman–Crippen LogP) is 2.10. The van der Waals surface area contributed by atoms with E-state index in [0.29, 0.717) is 12.5 Å². The molecule has 1 aliphatic heterocycles. The van der Waals surface area contributed by atoms with Gasteiger partial charge < -0.3 is 9.47 Å². The largest absolute Gasteiger partial charge is 0.350 e. The third-order valence-electron chi connectivity index (χ3n) is 2.59. The molecule has 1 saturated heterocycles. The smallest absolute Gasteiger partial charge is 0.161 e. The second-order valence-corrected chi connectivity index (χ2v) is 3.40. The van der Waals surface area contributed by atoms with Gasteiger partial charge in [-0.25, -0.2) is 0 Å². The first-order chi connectivity index (χ1) is 5.47. The van der Waals surface area contributed by atoms with E-state index in [4.69, 9.17) is 9.47 Å². The molecule has 0 amide bonds. The van der Waals surface area contributed by atoms with Crippen molar-refractivity contribution >= 4 is 0 Å². The van der Waals surface area contributed by atoms with Gasteiger partial charge in [0.2, 0.25) is 0 Å².